The molecular weight excluding hydrogens is 139 g/mol. The van der Waals surface area contributed by atoms with E-state index in [0.29, 0.717) is 0 Å². The van der Waals surface area contributed by atoms with E-state index >= 15 is 0 Å². The number of hydrogen-bond donors (Lipinski definition) is 0. The van der Waals surface area contributed by atoms with E-state index in [1.807, 2.05) is 32.4 Å². The van der Waals surface area contributed by atoms with Gasteiger partial charge in [-0.15, -0.1) is 0 Å². The first-order valence-electron chi connectivity index (χ1n) is 3.58. The molecule has 0 amide bonds. The summed E-state index contributed by atoms with van der Waals surface area (Å²) in [5.74, 6) is 0. The molecule has 2 heterocycles. The quantitative estimate of drug-likeness (QED) is 0.470. The van der Waals surface area contributed by atoms with Crippen LogP contribution in [0.25, 0.3) is 0 Å². The van der Waals surface area contributed by atoms with Crippen molar-refractivity contribution in [1.29, 1.82) is 0 Å². The third kappa shape index (κ3) is 1.42. The van der Waals surface area contributed by atoms with Crippen molar-refractivity contribution in [3.63, 3.8) is 0 Å². The molecule has 5 heteroatoms. The Labute approximate surface area is 65.5 Å². The Morgan fingerprint density at radius 3 is 1.91 bits per heavy atom. The Kier molecular flexibility index (Phi) is 1.63. The topological polar surface area (TPSA) is 30.7 Å². The fraction of sp³-hybridized carbons (Fsp3) is 0.333. The van der Waals surface area contributed by atoms with Crippen molar-refractivity contribution in [3.8, 4) is 0 Å². The van der Waals surface area contributed by atoms with Crippen LogP contribution in [0, 0.1) is 0 Å². The minimum absolute atomic E-state index is 0.911. The summed E-state index contributed by atoms with van der Waals surface area (Å²) in [4.78, 5) is 0. The molecule has 1 radical (unpaired) electrons. The first kappa shape index (κ1) is 6.45. The highest BCUT2D eigenvalue weighted by Gasteiger charge is 2.33. The van der Waals surface area contributed by atoms with Crippen LogP contribution >= 0.6 is 0 Å². The summed E-state index contributed by atoms with van der Waals surface area (Å²) in [6.07, 6.45) is 9.51. The summed E-state index contributed by atoms with van der Waals surface area (Å²) in [6, 6.07) is 0. The van der Waals surface area contributed by atoms with E-state index in [2.05, 4.69) is 10.2 Å². The maximum atomic E-state index is 4.06. The maximum Gasteiger partial charge on any atom is 1.04 e. The molecule has 2 rings (SSSR count). The lowest BCUT2D eigenvalue weighted by atomic mass is 10.2. The van der Waals surface area contributed by atoms with Gasteiger partial charge in [-0.1, -0.05) is 9.19 Å². The molecule has 0 N–H and O–H groups in total. The molecule has 53 valence electrons. The van der Waals surface area contributed by atoms with E-state index in [9.17, 15) is 0 Å². The van der Waals surface area contributed by atoms with Crippen molar-refractivity contribution in [2.75, 3.05) is 0 Å². The second kappa shape index (κ2) is 2.78. The van der Waals surface area contributed by atoms with Crippen LogP contribution in [0.2, 0.25) is 0 Å². The van der Waals surface area contributed by atoms with Gasteiger partial charge >= 0.3 is 7.55 Å². The lowest BCUT2D eigenvalue weighted by molar-refractivity contribution is -0.504. The fourth-order valence-electron chi connectivity index (χ4n) is 0.963. The SMILES string of the molecule is [B]([N+]1=CCC=N1)[N+]1=CCC=N1. The molecule has 0 aromatic rings. The van der Waals surface area contributed by atoms with Crippen LogP contribution in [0.3, 0.4) is 0 Å². The predicted molar refractivity (Wildman–Crippen MR) is 44.6 cm³/mol. The molecule has 2 aliphatic heterocycles. The van der Waals surface area contributed by atoms with Crippen LogP contribution in [0.5, 0.6) is 0 Å². The highest BCUT2D eigenvalue weighted by molar-refractivity contribution is 6.17. The minimum Gasteiger partial charge on any atom is -0.0973 e. The third-order valence-electron chi connectivity index (χ3n) is 1.46. The van der Waals surface area contributed by atoms with E-state index in [4.69, 9.17) is 0 Å². The van der Waals surface area contributed by atoms with Crippen LogP contribution < -0.4 is 0 Å². The predicted octanol–water partition coefficient (Wildman–Crippen LogP) is -0.534. The van der Waals surface area contributed by atoms with E-state index in [0.717, 1.165) is 12.8 Å². The van der Waals surface area contributed by atoms with E-state index in [-0.39, 0.29) is 0 Å². The summed E-state index contributed by atoms with van der Waals surface area (Å²) in [5, 5.41) is 8.12. The molecule has 0 aliphatic carbocycles. The first-order valence-corrected chi connectivity index (χ1v) is 3.58. The smallest absolute Gasteiger partial charge is 0.0973 e. The summed E-state index contributed by atoms with van der Waals surface area (Å²) in [7, 11) is 1.84. The van der Waals surface area contributed by atoms with E-state index in [1.54, 1.807) is 9.19 Å². The van der Waals surface area contributed by atoms with E-state index < -0.39 is 0 Å². The summed E-state index contributed by atoms with van der Waals surface area (Å²) in [6.45, 7) is 0. The van der Waals surface area contributed by atoms with Gasteiger partial charge in [0.15, 0.2) is 12.4 Å². The van der Waals surface area contributed by atoms with Crippen molar-refractivity contribution in [1.82, 2.24) is 0 Å². The lowest BCUT2D eigenvalue weighted by Gasteiger charge is -1.77. The zero-order chi connectivity index (χ0) is 7.52. The van der Waals surface area contributed by atoms with Gasteiger partial charge in [-0.3, -0.25) is 0 Å². The lowest BCUT2D eigenvalue weighted by Crippen LogP contribution is -2.20. The van der Waals surface area contributed by atoms with Crippen molar-refractivity contribution in [2.24, 2.45) is 10.2 Å². The van der Waals surface area contributed by atoms with E-state index in [1.165, 1.54) is 0 Å². The second-order valence-electron chi connectivity index (χ2n) is 2.31. The van der Waals surface area contributed by atoms with Gasteiger partial charge in [0, 0.05) is 0 Å². The van der Waals surface area contributed by atoms with Crippen LogP contribution in [-0.2, 0) is 0 Å². The molecule has 0 spiro atoms. The zero-order valence-electron chi connectivity index (χ0n) is 6.09. The van der Waals surface area contributed by atoms with Crippen LogP contribution in [0.15, 0.2) is 10.2 Å². The highest BCUT2D eigenvalue weighted by Crippen LogP contribution is 1.89. The standard InChI is InChI=1S/C6H8BN4/c1-3-8-10(5-1)7-11-6-2-4-9-11/h3-6H,1-2H2/q+2. The zero-order valence-corrected chi connectivity index (χ0v) is 6.09. The molecule has 0 unspecified atom stereocenters. The highest BCUT2D eigenvalue weighted by atomic mass is 15.4. The van der Waals surface area contributed by atoms with Crippen LogP contribution in [-0.4, -0.2) is 41.6 Å². The van der Waals surface area contributed by atoms with Crippen LogP contribution in [0.4, 0.5) is 0 Å². The van der Waals surface area contributed by atoms with Gasteiger partial charge in [-0.25, -0.2) is 0 Å². The van der Waals surface area contributed by atoms with Gasteiger partial charge in [-0.2, -0.15) is 0 Å². The molecule has 2 aliphatic rings. The fourth-order valence-corrected chi connectivity index (χ4v) is 0.963. The van der Waals surface area contributed by atoms with Crippen molar-refractivity contribution >= 4 is 32.4 Å². The average Bonchev–Trinajstić information content (AvgIpc) is 2.60. The molecule has 0 aromatic heterocycles. The molecule has 0 saturated heterocycles. The number of hydrogen-bond acceptors (Lipinski definition) is 2. The number of rotatable bonds is 2. The molecule has 0 fully saturated rings. The van der Waals surface area contributed by atoms with Gasteiger partial charge < -0.3 is 0 Å². The second-order valence-corrected chi connectivity index (χ2v) is 2.31. The summed E-state index contributed by atoms with van der Waals surface area (Å²) >= 11 is 0. The Hall–Kier alpha value is -1.26. The molecule has 0 aromatic carbocycles. The van der Waals surface area contributed by atoms with Crippen molar-refractivity contribution < 1.29 is 9.19 Å². The Morgan fingerprint density at radius 2 is 1.55 bits per heavy atom. The minimum atomic E-state index is 0.911. The Bertz CT molecular complexity index is 248. The third-order valence-corrected chi connectivity index (χ3v) is 1.46. The van der Waals surface area contributed by atoms with Gasteiger partial charge in [0.1, 0.15) is 0 Å². The Morgan fingerprint density at radius 1 is 1.00 bits per heavy atom. The maximum absolute atomic E-state index is 4.06. The molecule has 0 saturated carbocycles. The molecule has 0 atom stereocenters. The number of hydrazone groups is 2. The average molecular weight is 147 g/mol. The van der Waals surface area contributed by atoms with Crippen molar-refractivity contribution in [3.05, 3.63) is 0 Å². The molecule has 11 heavy (non-hydrogen) atoms. The summed E-state index contributed by atoms with van der Waals surface area (Å²) < 4.78 is 3.53. The van der Waals surface area contributed by atoms with Gasteiger partial charge in [0.25, 0.3) is 0 Å². The first-order chi connectivity index (χ1) is 5.45. The van der Waals surface area contributed by atoms with Gasteiger partial charge in [-0.05, 0) is 10.2 Å². The summed E-state index contributed by atoms with van der Waals surface area (Å²) in [5.41, 5.74) is 0. The normalized spacial score (nSPS) is 20.4. The van der Waals surface area contributed by atoms with Gasteiger partial charge in [0.2, 0.25) is 0 Å². The molecule has 0 bridgehead atoms. The Balaban J connectivity index is 1.99. The van der Waals surface area contributed by atoms with Gasteiger partial charge in [0.05, 0.1) is 25.3 Å². The monoisotopic (exact) mass is 147 g/mol. The van der Waals surface area contributed by atoms with Crippen molar-refractivity contribution in [2.45, 2.75) is 12.8 Å². The number of nitrogens with zero attached hydrogens (tertiary/aromatic N) is 4. The van der Waals surface area contributed by atoms with Crippen LogP contribution in [0.1, 0.15) is 12.8 Å². The molecular formula is C6H8BN4+2. The molecule has 4 nitrogen and oxygen atoms in total. The largest absolute Gasteiger partial charge is 1.04 e.